The van der Waals surface area contributed by atoms with Gasteiger partial charge in [-0.25, -0.2) is 14.4 Å². The zero-order valence-corrected chi connectivity index (χ0v) is 57.0. The molecule has 0 aliphatic carbocycles. The zero-order valence-electron chi connectivity index (χ0n) is 52.4. The Morgan fingerprint density at radius 1 is 0.427 bits per heavy atom. The standard InChI is InChI=1S/C19H19Cl2NO4.C18H17Cl2NO4.C15H11Cl2NO4.C11H25NO2.Li.H2O/c1-19(2,3)26-16-14(20)9-12(10-15(16)21)17(23)22-13-7-5-11(6-8-13)18(24)25-4;1-18(2,3)25-15-13(19)8-11(9-14(15)20)16(22)21-12-6-4-10(5-7-12)17(23)24;1-22-15(21)8-2-4-10(5-3-8)18-14(20)9-6-11(16)13(19)12(17)7-9;1-10(2,3)13-9(12(7)8)14-11(4,5)6;;/h5-10H,1-4H3,(H,22,23);4-9H,1-3H3,(H,21,22)(H,23,24);2-7,19H,1H3,(H,18,20);9H,1-8H3;;1H2/q;;;;+1;/p-1. The van der Waals surface area contributed by atoms with Crippen molar-refractivity contribution >= 4 is 122 Å². The SMILES string of the molecule is CC(C)(C)Oc1c(Cl)cc(C(=O)Nc2ccc(C(=O)O)cc2)cc1Cl.CN(C)C(OC(C)(C)C)OC(C)(C)C.COC(=O)c1ccc(NC(=O)c2cc(Cl)c(O)c(Cl)c2)cc1.COC(=O)c1ccc(NC(=O)c2cc(Cl)c(OC(C)(C)C)c(Cl)c2)cc1.[Li+].[OH-]. The summed E-state index contributed by atoms with van der Waals surface area (Å²) in [5.41, 5.74) is 1.76. The predicted octanol–water partition coefficient (Wildman–Crippen LogP) is 13.4. The number of phenols is 1. The first kappa shape index (κ1) is 80.7. The molecule has 0 aromatic heterocycles. The Labute approximate surface area is 561 Å². The number of amides is 3. The number of halogens is 6. The molecule has 0 fully saturated rings. The number of esters is 2. The fourth-order valence-corrected chi connectivity index (χ4v) is 8.26. The molecule has 26 heteroatoms. The fourth-order valence-electron chi connectivity index (χ4n) is 6.65. The normalized spacial score (nSPS) is 11.1. The maximum absolute atomic E-state index is 12.4. The summed E-state index contributed by atoms with van der Waals surface area (Å²) in [6.07, 6.45) is -0.296. The number of hydrogen-bond acceptors (Lipinski definition) is 15. The molecule has 0 radical (unpaired) electrons. The third kappa shape index (κ3) is 28.2. The topological polar surface area (TPSA) is 268 Å². The Morgan fingerprint density at radius 3 is 0.888 bits per heavy atom. The van der Waals surface area contributed by atoms with Crippen LogP contribution in [-0.2, 0) is 18.9 Å². The van der Waals surface area contributed by atoms with Crippen molar-refractivity contribution < 1.29 is 91.7 Å². The van der Waals surface area contributed by atoms with Crippen molar-refractivity contribution in [3.05, 3.63) is 173 Å². The number of nitrogens with zero attached hydrogens (tertiary/aromatic N) is 1. The van der Waals surface area contributed by atoms with E-state index in [9.17, 15) is 33.9 Å². The zero-order chi connectivity index (χ0) is 66.1. The Hall–Kier alpha value is -6.28. The van der Waals surface area contributed by atoms with Gasteiger partial charge < -0.3 is 60.1 Å². The largest absolute Gasteiger partial charge is 1.00 e. The molecule has 0 bridgehead atoms. The van der Waals surface area contributed by atoms with Crippen LogP contribution in [0.3, 0.4) is 0 Å². The molecule has 478 valence electrons. The van der Waals surface area contributed by atoms with Crippen molar-refractivity contribution in [2.45, 2.75) is 112 Å². The molecule has 6 rings (SSSR count). The van der Waals surface area contributed by atoms with E-state index in [4.69, 9.17) is 93.7 Å². The molecule has 0 saturated carbocycles. The Balaban J connectivity index is 0.000000601. The van der Waals surface area contributed by atoms with Crippen LogP contribution in [0.15, 0.2) is 109 Å². The number of phenolic OH excluding ortho intramolecular Hbond substituents is 1. The minimum atomic E-state index is -1.04. The average Bonchev–Trinajstić information content (AvgIpc) is 2.73. The summed E-state index contributed by atoms with van der Waals surface area (Å²) in [6.45, 7) is 23.3. The number of benzene rings is 6. The molecule has 6 aromatic carbocycles. The maximum atomic E-state index is 12.4. The number of carboxylic acid groups (broad SMARTS) is 1. The van der Waals surface area contributed by atoms with Gasteiger partial charge in [0.2, 0.25) is 6.41 Å². The van der Waals surface area contributed by atoms with Crippen LogP contribution in [0, 0.1) is 0 Å². The number of carbonyl (C=O) groups excluding carboxylic acids is 5. The second-order valence-corrected chi connectivity index (χ2v) is 25.3. The average molecular weight is 1350 g/mol. The van der Waals surface area contributed by atoms with Gasteiger partial charge in [0.25, 0.3) is 17.7 Å². The molecular weight excluding hydrogens is 1270 g/mol. The third-order valence-corrected chi connectivity index (χ3v) is 12.2. The van der Waals surface area contributed by atoms with Crippen LogP contribution in [-0.4, -0.2) is 113 Å². The second-order valence-electron chi connectivity index (χ2n) is 22.9. The minimum Gasteiger partial charge on any atom is -0.870 e. The van der Waals surface area contributed by atoms with E-state index in [1.165, 1.54) is 87.0 Å². The van der Waals surface area contributed by atoms with E-state index >= 15 is 0 Å². The van der Waals surface area contributed by atoms with Gasteiger partial charge in [-0.1, -0.05) is 69.6 Å². The molecule has 0 unspecified atom stereocenters. The smallest absolute Gasteiger partial charge is 0.870 e. The summed E-state index contributed by atoms with van der Waals surface area (Å²) in [4.78, 5) is 72.4. The second kappa shape index (κ2) is 35.4. The molecule has 0 aliphatic rings. The van der Waals surface area contributed by atoms with Gasteiger partial charge in [-0.3, -0.25) is 19.3 Å². The van der Waals surface area contributed by atoms with Crippen LogP contribution < -0.4 is 44.3 Å². The molecule has 6 aromatic rings. The van der Waals surface area contributed by atoms with E-state index in [0.29, 0.717) is 45.3 Å². The van der Waals surface area contributed by atoms with Crippen LogP contribution in [0.4, 0.5) is 17.1 Å². The molecule has 89 heavy (non-hydrogen) atoms. The van der Waals surface area contributed by atoms with Crippen molar-refractivity contribution in [2.24, 2.45) is 0 Å². The van der Waals surface area contributed by atoms with Gasteiger partial charge in [-0.2, -0.15) is 0 Å². The Morgan fingerprint density at radius 2 is 0.674 bits per heavy atom. The number of carbonyl (C=O) groups is 6. The number of anilines is 3. The van der Waals surface area contributed by atoms with Crippen LogP contribution in [0.25, 0.3) is 0 Å². The van der Waals surface area contributed by atoms with Crippen molar-refractivity contribution in [1.29, 1.82) is 0 Å². The summed E-state index contributed by atoms with van der Waals surface area (Å²) in [6, 6.07) is 26.8. The van der Waals surface area contributed by atoms with Crippen molar-refractivity contribution in [3.8, 4) is 17.2 Å². The summed E-state index contributed by atoms with van der Waals surface area (Å²) in [5, 5.41) is 27.3. The van der Waals surface area contributed by atoms with Gasteiger partial charge >= 0.3 is 36.8 Å². The number of carboxylic acids is 1. The number of aromatic carboxylic acids is 1. The van der Waals surface area contributed by atoms with Crippen molar-refractivity contribution in [1.82, 2.24) is 4.90 Å². The van der Waals surface area contributed by atoms with Crippen LogP contribution >= 0.6 is 69.6 Å². The Kier molecular flexibility index (Phi) is 32.1. The number of aromatic hydroxyl groups is 1. The van der Waals surface area contributed by atoms with Crippen molar-refractivity contribution in [3.63, 3.8) is 0 Å². The van der Waals surface area contributed by atoms with E-state index in [0.717, 1.165) is 0 Å². The van der Waals surface area contributed by atoms with E-state index in [1.54, 1.807) is 36.4 Å². The first-order valence-corrected chi connectivity index (χ1v) is 28.6. The fraction of sp³-hybridized carbons (Fsp3) is 0.333. The van der Waals surface area contributed by atoms with Crippen LogP contribution in [0.1, 0.15) is 145 Å². The van der Waals surface area contributed by atoms with Gasteiger partial charge in [0.1, 0.15) is 11.2 Å². The first-order valence-electron chi connectivity index (χ1n) is 26.3. The predicted molar refractivity (Wildman–Crippen MR) is 346 cm³/mol. The van der Waals surface area contributed by atoms with E-state index in [2.05, 4.69) is 25.4 Å². The monoisotopic (exact) mass is 1340 g/mol. The molecule has 0 spiro atoms. The van der Waals surface area contributed by atoms with E-state index in [-0.39, 0.29) is 100 Å². The van der Waals surface area contributed by atoms with Gasteiger partial charge in [0.15, 0.2) is 17.2 Å². The van der Waals surface area contributed by atoms with Gasteiger partial charge in [0, 0.05) is 33.8 Å². The summed E-state index contributed by atoms with van der Waals surface area (Å²) in [7, 11) is 6.49. The third-order valence-electron chi connectivity index (χ3n) is 10.5. The molecule has 0 atom stereocenters. The number of rotatable bonds is 14. The van der Waals surface area contributed by atoms with Crippen molar-refractivity contribution in [2.75, 3.05) is 44.3 Å². The Bertz CT molecular complexity index is 3300. The molecule has 0 saturated heterocycles. The molecule has 6 N–H and O–H groups in total. The number of nitrogens with one attached hydrogen (secondary N) is 3. The van der Waals surface area contributed by atoms with Crippen LogP contribution in [0.2, 0.25) is 30.1 Å². The van der Waals surface area contributed by atoms with Crippen LogP contribution in [0.5, 0.6) is 17.2 Å². The van der Waals surface area contributed by atoms with E-state index < -0.39 is 40.9 Å². The molecule has 0 aliphatic heterocycles. The summed E-state index contributed by atoms with van der Waals surface area (Å²) >= 11 is 36.4. The molecule has 0 heterocycles. The van der Waals surface area contributed by atoms with Gasteiger partial charge in [-0.15, -0.1) is 0 Å². The van der Waals surface area contributed by atoms with Gasteiger partial charge in [-0.05, 0) is 206 Å². The number of methoxy groups -OCH3 is 2. The maximum Gasteiger partial charge on any atom is 1.00 e. The summed E-state index contributed by atoms with van der Waals surface area (Å²) in [5.74, 6) is -2.83. The quantitative estimate of drug-likeness (QED) is 0.0385. The summed E-state index contributed by atoms with van der Waals surface area (Å²) < 4.78 is 32.2. The van der Waals surface area contributed by atoms with E-state index in [1.807, 2.05) is 102 Å². The molecule has 3 amide bonds. The molecule has 19 nitrogen and oxygen atoms in total. The molecular formula is C63H73Cl6LiN4O15. The first-order chi connectivity index (χ1) is 40.1. The number of hydrogen-bond donors (Lipinski definition) is 5. The van der Waals surface area contributed by atoms with Gasteiger partial charge in [0.05, 0.1) is 72.2 Å². The minimum absolute atomic E-state index is 0. The number of ether oxygens (including phenoxy) is 6.